The second-order valence-electron chi connectivity index (χ2n) is 5.29. The molecular formula is C17H19N3O. The van der Waals surface area contributed by atoms with Crippen molar-refractivity contribution in [2.24, 2.45) is 0 Å². The highest BCUT2D eigenvalue weighted by Crippen LogP contribution is 2.19. The molecule has 0 bridgehead atoms. The van der Waals surface area contributed by atoms with Crippen molar-refractivity contribution in [2.75, 3.05) is 18.4 Å². The van der Waals surface area contributed by atoms with Crippen LogP contribution in [0.5, 0.6) is 0 Å². The maximum absolute atomic E-state index is 12.5. The Bertz CT molecular complexity index is 606. The number of benzene rings is 1. The zero-order valence-electron chi connectivity index (χ0n) is 12.0. The zero-order valence-corrected chi connectivity index (χ0v) is 12.0. The Morgan fingerprint density at radius 2 is 1.76 bits per heavy atom. The van der Waals surface area contributed by atoms with Crippen LogP contribution in [0.4, 0.5) is 11.4 Å². The number of anilines is 2. The number of hydrogen-bond donors (Lipinski definition) is 1. The number of carbonyl (C=O) groups excluding carboxylic acids is 1. The van der Waals surface area contributed by atoms with Crippen molar-refractivity contribution in [1.82, 2.24) is 9.88 Å². The minimum atomic E-state index is 0.132. The first-order valence-corrected chi connectivity index (χ1v) is 7.39. The maximum atomic E-state index is 12.5. The molecule has 2 aromatic rings. The van der Waals surface area contributed by atoms with Crippen LogP contribution in [0.15, 0.2) is 48.8 Å². The molecule has 1 fully saturated rings. The van der Waals surface area contributed by atoms with E-state index in [2.05, 4.69) is 10.3 Å². The summed E-state index contributed by atoms with van der Waals surface area (Å²) in [5.74, 6) is 0.132. The molecule has 1 aliphatic heterocycles. The number of aromatic nitrogens is 1. The summed E-state index contributed by atoms with van der Waals surface area (Å²) in [4.78, 5) is 18.4. The molecule has 1 amide bonds. The molecule has 2 heterocycles. The number of hydrogen-bond acceptors (Lipinski definition) is 3. The summed E-state index contributed by atoms with van der Waals surface area (Å²) in [6.07, 6.45) is 6.94. The molecule has 1 aromatic heterocycles. The molecule has 0 atom stereocenters. The predicted octanol–water partition coefficient (Wildman–Crippen LogP) is 3.45. The lowest BCUT2D eigenvalue weighted by atomic mass is 10.1. The minimum Gasteiger partial charge on any atom is -0.355 e. The monoisotopic (exact) mass is 281 g/mol. The number of pyridine rings is 1. The van der Waals surface area contributed by atoms with Gasteiger partial charge in [0, 0.05) is 42.4 Å². The number of rotatable bonds is 3. The third kappa shape index (κ3) is 3.40. The first kappa shape index (κ1) is 13.6. The van der Waals surface area contributed by atoms with Gasteiger partial charge in [-0.1, -0.05) is 6.07 Å². The van der Waals surface area contributed by atoms with Gasteiger partial charge in [0.15, 0.2) is 0 Å². The highest BCUT2D eigenvalue weighted by molar-refractivity contribution is 5.95. The third-order valence-corrected chi connectivity index (χ3v) is 3.72. The summed E-state index contributed by atoms with van der Waals surface area (Å²) in [5.41, 5.74) is 2.63. The average Bonchev–Trinajstić information content (AvgIpc) is 2.56. The van der Waals surface area contributed by atoms with Crippen LogP contribution in [-0.4, -0.2) is 28.9 Å². The van der Waals surface area contributed by atoms with Gasteiger partial charge in [-0.2, -0.15) is 0 Å². The van der Waals surface area contributed by atoms with Gasteiger partial charge in [-0.25, -0.2) is 0 Å². The van der Waals surface area contributed by atoms with E-state index >= 15 is 0 Å². The summed E-state index contributed by atoms with van der Waals surface area (Å²) < 4.78 is 0. The van der Waals surface area contributed by atoms with E-state index in [9.17, 15) is 4.79 Å². The lowest BCUT2D eigenvalue weighted by Gasteiger charge is -2.26. The van der Waals surface area contributed by atoms with Gasteiger partial charge in [0.05, 0.1) is 0 Å². The minimum absolute atomic E-state index is 0.132. The number of nitrogens with one attached hydrogen (secondary N) is 1. The first-order valence-electron chi connectivity index (χ1n) is 7.39. The van der Waals surface area contributed by atoms with Crippen LogP contribution in [0.3, 0.4) is 0 Å². The zero-order chi connectivity index (χ0) is 14.5. The molecule has 3 rings (SSSR count). The Balaban J connectivity index is 1.75. The summed E-state index contributed by atoms with van der Waals surface area (Å²) in [6.45, 7) is 1.75. The Labute approximate surface area is 124 Å². The molecule has 21 heavy (non-hydrogen) atoms. The van der Waals surface area contributed by atoms with Crippen LogP contribution in [-0.2, 0) is 0 Å². The van der Waals surface area contributed by atoms with E-state index in [4.69, 9.17) is 0 Å². The molecule has 0 aliphatic carbocycles. The molecule has 4 heteroatoms. The fourth-order valence-corrected chi connectivity index (χ4v) is 2.61. The fraction of sp³-hybridized carbons (Fsp3) is 0.294. The second-order valence-corrected chi connectivity index (χ2v) is 5.29. The quantitative estimate of drug-likeness (QED) is 0.937. The van der Waals surface area contributed by atoms with Crippen LogP contribution in [0, 0.1) is 0 Å². The molecule has 4 nitrogen and oxygen atoms in total. The summed E-state index contributed by atoms with van der Waals surface area (Å²) in [7, 11) is 0. The number of amides is 1. The normalized spacial score (nSPS) is 14.8. The molecular weight excluding hydrogens is 262 g/mol. The van der Waals surface area contributed by atoms with E-state index in [0.29, 0.717) is 0 Å². The van der Waals surface area contributed by atoms with E-state index < -0.39 is 0 Å². The summed E-state index contributed by atoms with van der Waals surface area (Å²) in [5, 5.41) is 3.29. The van der Waals surface area contributed by atoms with Crippen molar-refractivity contribution in [1.29, 1.82) is 0 Å². The first-order chi connectivity index (χ1) is 10.3. The van der Waals surface area contributed by atoms with E-state index in [1.165, 1.54) is 6.42 Å². The summed E-state index contributed by atoms with van der Waals surface area (Å²) in [6, 6.07) is 11.5. The maximum Gasteiger partial charge on any atom is 0.253 e. The average molecular weight is 281 g/mol. The van der Waals surface area contributed by atoms with Gasteiger partial charge in [0.2, 0.25) is 0 Å². The Morgan fingerprint density at radius 3 is 2.52 bits per heavy atom. The van der Waals surface area contributed by atoms with Gasteiger partial charge in [0.1, 0.15) is 0 Å². The molecule has 0 unspecified atom stereocenters. The Morgan fingerprint density at radius 1 is 1.00 bits per heavy atom. The van der Waals surface area contributed by atoms with E-state index in [1.54, 1.807) is 12.4 Å². The van der Waals surface area contributed by atoms with Crippen molar-refractivity contribution in [3.8, 4) is 0 Å². The SMILES string of the molecule is O=C(c1cccc(Nc2ccncc2)c1)N1CCCCC1. The van der Waals surface area contributed by atoms with Gasteiger partial charge in [-0.3, -0.25) is 9.78 Å². The molecule has 0 spiro atoms. The Hall–Kier alpha value is -2.36. The van der Waals surface area contributed by atoms with Gasteiger partial charge in [-0.05, 0) is 49.6 Å². The standard InChI is InChI=1S/C17H19N3O/c21-17(20-11-2-1-3-12-20)14-5-4-6-16(13-14)19-15-7-9-18-10-8-15/h4-10,13H,1-3,11-12H2,(H,18,19). The molecule has 1 N–H and O–H groups in total. The van der Waals surface area contributed by atoms with Crippen LogP contribution >= 0.6 is 0 Å². The highest BCUT2D eigenvalue weighted by atomic mass is 16.2. The highest BCUT2D eigenvalue weighted by Gasteiger charge is 2.18. The van der Waals surface area contributed by atoms with Crippen LogP contribution < -0.4 is 5.32 Å². The lowest BCUT2D eigenvalue weighted by molar-refractivity contribution is 0.0724. The predicted molar refractivity (Wildman–Crippen MR) is 83.7 cm³/mol. The topological polar surface area (TPSA) is 45.2 Å². The number of piperidine rings is 1. The van der Waals surface area contributed by atoms with E-state index in [1.807, 2.05) is 41.3 Å². The molecule has 0 saturated carbocycles. The van der Waals surface area contributed by atoms with Crippen molar-refractivity contribution in [2.45, 2.75) is 19.3 Å². The van der Waals surface area contributed by atoms with E-state index in [-0.39, 0.29) is 5.91 Å². The number of carbonyl (C=O) groups is 1. The van der Waals surface area contributed by atoms with E-state index in [0.717, 1.165) is 42.9 Å². The van der Waals surface area contributed by atoms with Gasteiger partial charge >= 0.3 is 0 Å². The van der Waals surface area contributed by atoms with Gasteiger partial charge in [-0.15, -0.1) is 0 Å². The summed E-state index contributed by atoms with van der Waals surface area (Å²) >= 11 is 0. The van der Waals surface area contributed by atoms with Crippen LogP contribution in [0.25, 0.3) is 0 Å². The largest absolute Gasteiger partial charge is 0.355 e. The van der Waals surface area contributed by atoms with Crippen molar-refractivity contribution >= 4 is 17.3 Å². The fourth-order valence-electron chi connectivity index (χ4n) is 2.61. The van der Waals surface area contributed by atoms with Crippen LogP contribution in [0.1, 0.15) is 29.6 Å². The smallest absolute Gasteiger partial charge is 0.253 e. The Kier molecular flexibility index (Phi) is 4.15. The van der Waals surface area contributed by atoms with Crippen molar-refractivity contribution in [3.05, 3.63) is 54.4 Å². The molecule has 1 aromatic carbocycles. The number of nitrogens with zero attached hydrogens (tertiary/aromatic N) is 2. The van der Waals surface area contributed by atoms with Crippen molar-refractivity contribution in [3.63, 3.8) is 0 Å². The van der Waals surface area contributed by atoms with Crippen molar-refractivity contribution < 1.29 is 4.79 Å². The van der Waals surface area contributed by atoms with Gasteiger partial charge < -0.3 is 10.2 Å². The molecule has 1 saturated heterocycles. The molecule has 0 radical (unpaired) electrons. The second kappa shape index (κ2) is 6.39. The molecule has 108 valence electrons. The van der Waals surface area contributed by atoms with Crippen LogP contribution in [0.2, 0.25) is 0 Å². The lowest BCUT2D eigenvalue weighted by Crippen LogP contribution is -2.35. The number of likely N-dealkylation sites (tertiary alicyclic amines) is 1. The molecule has 1 aliphatic rings. The third-order valence-electron chi connectivity index (χ3n) is 3.72. The van der Waals surface area contributed by atoms with Gasteiger partial charge in [0.25, 0.3) is 5.91 Å².